The second-order valence-corrected chi connectivity index (χ2v) is 29.7. The molecular formula is C102H65N7OS. The molecule has 0 amide bonds. The highest BCUT2D eigenvalue weighted by atomic mass is 32.1. The van der Waals surface area contributed by atoms with E-state index in [1.54, 1.807) is 0 Å². The summed E-state index contributed by atoms with van der Waals surface area (Å²) in [6, 6.07) is 141. The molecule has 0 unspecified atom stereocenters. The molecule has 0 atom stereocenters. The van der Waals surface area contributed by atoms with Gasteiger partial charge in [0.05, 0.1) is 77.2 Å². The Morgan fingerprint density at radius 1 is 0.153 bits per heavy atom. The van der Waals surface area contributed by atoms with Gasteiger partial charge in [-0.2, -0.15) is 0 Å². The van der Waals surface area contributed by atoms with Crippen molar-refractivity contribution in [3.05, 3.63) is 394 Å². The van der Waals surface area contributed by atoms with Crippen LogP contribution in [0.25, 0.3) is 202 Å². The number of para-hydroxylation sites is 12. The number of aromatic nitrogens is 7. The summed E-state index contributed by atoms with van der Waals surface area (Å²) in [7, 11) is 0. The van der Waals surface area contributed by atoms with Gasteiger partial charge in [-0.05, 0) is 158 Å². The molecule has 520 valence electrons. The Morgan fingerprint density at radius 3 is 0.829 bits per heavy atom. The molecule has 0 saturated carbocycles. The smallest absolute Gasteiger partial charge is 0.135 e. The molecule has 0 aliphatic heterocycles. The fraction of sp³-hybridized carbons (Fsp3) is 0. The van der Waals surface area contributed by atoms with Crippen LogP contribution >= 0.6 is 11.3 Å². The third-order valence-corrected chi connectivity index (χ3v) is 23.8. The highest BCUT2D eigenvalue weighted by Crippen LogP contribution is 2.47. The molecule has 25 rings (SSSR count). The molecule has 0 bridgehead atoms. The number of fused-ring (bicyclic) bond motifs is 24. The molecule has 9 aromatic heterocycles. The fourth-order valence-corrected chi connectivity index (χ4v) is 19.1. The van der Waals surface area contributed by atoms with E-state index in [-0.39, 0.29) is 0 Å². The zero-order valence-corrected chi connectivity index (χ0v) is 60.8. The molecule has 0 aliphatic rings. The van der Waals surface area contributed by atoms with Crippen molar-refractivity contribution >= 4 is 174 Å². The summed E-state index contributed by atoms with van der Waals surface area (Å²) >= 11 is 1.87. The Hall–Kier alpha value is -14.6. The molecule has 9 heterocycles. The molecule has 0 aliphatic carbocycles. The first-order valence-electron chi connectivity index (χ1n) is 37.8. The van der Waals surface area contributed by atoms with E-state index in [0.29, 0.717) is 0 Å². The topological polar surface area (TPSA) is 47.6 Å². The lowest BCUT2D eigenvalue weighted by Gasteiger charge is -2.10. The van der Waals surface area contributed by atoms with Crippen LogP contribution in [-0.2, 0) is 0 Å². The van der Waals surface area contributed by atoms with Crippen LogP contribution in [0.1, 0.15) is 0 Å². The van der Waals surface area contributed by atoms with Crippen LogP contribution in [0.4, 0.5) is 0 Å². The van der Waals surface area contributed by atoms with Crippen LogP contribution in [0.5, 0.6) is 0 Å². The fourth-order valence-electron chi connectivity index (χ4n) is 18.1. The van der Waals surface area contributed by atoms with Crippen molar-refractivity contribution in [1.29, 1.82) is 0 Å². The van der Waals surface area contributed by atoms with Crippen molar-refractivity contribution in [1.82, 2.24) is 32.0 Å². The monoisotopic (exact) mass is 1440 g/mol. The van der Waals surface area contributed by atoms with E-state index in [4.69, 9.17) is 4.42 Å². The molecule has 0 radical (unpaired) electrons. The van der Waals surface area contributed by atoms with Crippen LogP contribution < -0.4 is 0 Å². The van der Waals surface area contributed by atoms with Gasteiger partial charge in [-0.25, -0.2) is 0 Å². The third-order valence-electron chi connectivity index (χ3n) is 22.6. The number of hydrogen-bond donors (Lipinski definition) is 0. The molecular weight excluding hydrogens is 1370 g/mol. The molecule has 0 fully saturated rings. The Kier molecular flexibility index (Phi) is 14.1. The molecule has 8 nitrogen and oxygen atoms in total. The van der Waals surface area contributed by atoms with E-state index < -0.39 is 0 Å². The third kappa shape index (κ3) is 9.53. The van der Waals surface area contributed by atoms with Crippen molar-refractivity contribution in [2.45, 2.75) is 0 Å². The second kappa shape index (κ2) is 25.0. The van der Waals surface area contributed by atoms with E-state index >= 15 is 0 Å². The number of hydrogen-bond acceptors (Lipinski definition) is 2. The summed E-state index contributed by atoms with van der Waals surface area (Å²) in [5.41, 5.74) is 27.1. The zero-order valence-electron chi connectivity index (χ0n) is 60.0. The highest BCUT2D eigenvalue weighted by Gasteiger charge is 2.27. The largest absolute Gasteiger partial charge is 0.456 e. The van der Waals surface area contributed by atoms with E-state index in [1.165, 1.54) is 163 Å². The Morgan fingerprint density at radius 2 is 0.414 bits per heavy atom. The number of nitrogens with zero attached hydrogens (tertiary/aromatic N) is 7. The number of thiophene rings is 1. The summed E-state index contributed by atoms with van der Waals surface area (Å²) in [6.45, 7) is 0. The number of rotatable bonds is 7. The van der Waals surface area contributed by atoms with Crippen LogP contribution in [0, 0.1) is 0 Å². The van der Waals surface area contributed by atoms with Crippen LogP contribution in [-0.4, -0.2) is 32.0 Å². The normalized spacial score (nSPS) is 12.0. The first-order chi connectivity index (χ1) is 55.1. The summed E-state index contributed by atoms with van der Waals surface area (Å²) < 4.78 is 25.7. The van der Waals surface area contributed by atoms with Gasteiger partial charge in [0.2, 0.25) is 0 Å². The Bertz CT molecular complexity index is 7700. The predicted molar refractivity (Wildman–Crippen MR) is 467 cm³/mol. The van der Waals surface area contributed by atoms with Crippen molar-refractivity contribution in [3.8, 4) is 39.8 Å². The molecule has 25 aromatic rings. The predicted octanol–water partition coefficient (Wildman–Crippen LogP) is 27.5. The van der Waals surface area contributed by atoms with Gasteiger partial charge in [0.1, 0.15) is 11.2 Å². The average Bonchev–Trinajstić information content (AvgIpc) is 1.55. The summed E-state index contributed by atoms with van der Waals surface area (Å²) in [6.07, 6.45) is 0. The van der Waals surface area contributed by atoms with E-state index in [9.17, 15) is 0 Å². The van der Waals surface area contributed by atoms with Crippen molar-refractivity contribution in [2.24, 2.45) is 0 Å². The van der Waals surface area contributed by atoms with Crippen molar-refractivity contribution in [2.75, 3.05) is 0 Å². The summed E-state index contributed by atoms with van der Waals surface area (Å²) in [4.78, 5) is 0. The highest BCUT2D eigenvalue weighted by molar-refractivity contribution is 7.25. The van der Waals surface area contributed by atoms with E-state index in [1.807, 2.05) is 23.5 Å². The van der Waals surface area contributed by atoms with Gasteiger partial charge in [-0.15, -0.1) is 11.3 Å². The lowest BCUT2D eigenvalue weighted by molar-refractivity contribution is 0.669. The van der Waals surface area contributed by atoms with Gasteiger partial charge >= 0.3 is 0 Å². The molecule has 0 saturated heterocycles. The summed E-state index contributed by atoms with van der Waals surface area (Å²) in [5, 5.41) is 14.9. The lowest BCUT2D eigenvalue weighted by atomic mass is 10.1. The lowest BCUT2D eigenvalue weighted by Crippen LogP contribution is -1.95. The first-order valence-corrected chi connectivity index (χ1v) is 38.6. The van der Waals surface area contributed by atoms with Crippen molar-refractivity contribution < 1.29 is 4.42 Å². The molecule has 0 spiro atoms. The second-order valence-electron chi connectivity index (χ2n) is 28.7. The van der Waals surface area contributed by atoms with Gasteiger partial charge < -0.3 is 36.4 Å². The van der Waals surface area contributed by atoms with Gasteiger partial charge in [-0.3, -0.25) is 0 Å². The molecule has 16 aromatic carbocycles. The zero-order chi connectivity index (χ0) is 72.8. The van der Waals surface area contributed by atoms with Gasteiger partial charge in [0.25, 0.3) is 0 Å². The Balaban J connectivity index is 0.000000100. The van der Waals surface area contributed by atoms with E-state index in [0.717, 1.165) is 39.0 Å². The minimum absolute atomic E-state index is 0.911. The van der Waals surface area contributed by atoms with Gasteiger partial charge in [0.15, 0.2) is 0 Å². The number of benzene rings is 16. The summed E-state index contributed by atoms with van der Waals surface area (Å²) in [5.74, 6) is 0. The Labute approximate surface area is 640 Å². The standard InChI is InChI=1S/C38H25N3.C32H20N2O.C32H20N2S/c1-3-13-26(14-4-1)39-33-20-10-7-17-29(33)32-25-28(23-24-36(32)39)41-35-22-12-9-19-31(35)37-38(41)30-18-8-11-21-34(30)40(37)27-15-5-2-6-16-27;2*1-2-10-21(11-3-1)33-27-15-7-4-13-24(27)32-31(33)25-14-5-8-16-28(25)34(32)22-18-19-30-26(20-22)23-12-6-9-17-29(23)35-30/h1-25H;2*1-20H. The van der Waals surface area contributed by atoms with Gasteiger partial charge in [0, 0.05) is 114 Å². The maximum absolute atomic E-state index is 6.12. The number of furan rings is 1. The van der Waals surface area contributed by atoms with Crippen LogP contribution in [0.2, 0.25) is 0 Å². The molecule has 111 heavy (non-hydrogen) atoms. The minimum Gasteiger partial charge on any atom is -0.456 e. The minimum atomic E-state index is 0.911. The van der Waals surface area contributed by atoms with Crippen LogP contribution in [0.3, 0.4) is 0 Å². The average molecular weight is 1440 g/mol. The van der Waals surface area contributed by atoms with Crippen molar-refractivity contribution in [3.63, 3.8) is 0 Å². The maximum Gasteiger partial charge on any atom is 0.135 e. The molecule has 0 N–H and O–H groups in total. The maximum atomic E-state index is 6.12. The SMILES string of the molecule is c1ccc(-n2c3ccccc3c3c2c2ccccc2n3-c2ccc3oc4ccccc4c3c2)cc1.c1ccc(-n2c3ccccc3c3c2c2ccccc2n3-c2ccc3sc4ccccc4c3c2)cc1.c1ccc(-n2c3ccccc3c3cc(-n4c5ccccc5c5c4c4ccccc4n5-c4ccccc4)ccc32)cc1. The van der Waals surface area contributed by atoms with Crippen LogP contribution in [0.15, 0.2) is 399 Å². The quantitative estimate of drug-likeness (QED) is 0.157. The molecule has 9 heteroatoms. The first kappa shape index (κ1) is 62.5. The van der Waals surface area contributed by atoms with E-state index in [2.05, 4.69) is 414 Å². The van der Waals surface area contributed by atoms with Gasteiger partial charge in [-0.1, -0.05) is 237 Å².